The molecular weight excluding hydrogens is 184 g/mol. The molecule has 3 nitrogen and oxygen atoms in total. The van der Waals surface area contributed by atoms with E-state index in [0.29, 0.717) is 5.28 Å². The van der Waals surface area contributed by atoms with Gasteiger partial charge >= 0.3 is 0 Å². The molecule has 5 heteroatoms. The van der Waals surface area contributed by atoms with E-state index >= 15 is 0 Å². The van der Waals surface area contributed by atoms with E-state index in [1.165, 1.54) is 11.5 Å². The lowest BCUT2D eigenvalue weighted by molar-refractivity contribution is 0.195. The van der Waals surface area contributed by atoms with Crippen LogP contribution in [0.3, 0.4) is 0 Å². The van der Waals surface area contributed by atoms with Crippen molar-refractivity contribution in [3.8, 4) is 0 Å². The zero-order chi connectivity index (χ0) is 8.10. The lowest BCUT2D eigenvalue weighted by Gasteiger charge is -1.93. The average Bonchev–Trinajstić information content (AvgIpc) is 2.37. The standard InChI is InChI=1S/C6H9ClN2OS/c1-10-4-2-3-5-8-6(7)9-11-5/h2-4H2,1H3. The minimum atomic E-state index is 0.349. The van der Waals surface area contributed by atoms with E-state index in [1.807, 2.05) is 0 Å². The van der Waals surface area contributed by atoms with Gasteiger partial charge in [-0.1, -0.05) is 0 Å². The van der Waals surface area contributed by atoms with Crippen LogP contribution in [0.2, 0.25) is 5.28 Å². The molecule has 11 heavy (non-hydrogen) atoms. The SMILES string of the molecule is COCCCc1nc(Cl)ns1. The lowest BCUT2D eigenvalue weighted by Crippen LogP contribution is -1.91. The van der Waals surface area contributed by atoms with E-state index in [-0.39, 0.29) is 0 Å². The highest BCUT2D eigenvalue weighted by molar-refractivity contribution is 7.05. The van der Waals surface area contributed by atoms with Crippen molar-refractivity contribution in [3.05, 3.63) is 10.3 Å². The fourth-order valence-electron chi connectivity index (χ4n) is 0.703. The maximum atomic E-state index is 5.53. The van der Waals surface area contributed by atoms with Gasteiger partial charge in [0.1, 0.15) is 5.01 Å². The van der Waals surface area contributed by atoms with Gasteiger partial charge < -0.3 is 4.74 Å². The molecule has 1 aromatic heterocycles. The van der Waals surface area contributed by atoms with Gasteiger partial charge in [0.05, 0.1) is 0 Å². The minimum absolute atomic E-state index is 0.349. The van der Waals surface area contributed by atoms with Crippen LogP contribution in [0.4, 0.5) is 0 Å². The van der Waals surface area contributed by atoms with E-state index in [4.69, 9.17) is 16.3 Å². The number of aromatic nitrogens is 2. The maximum Gasteiger partial charge on any atom is 0.234 e. The summed E-state index contributed by atoms with van der Waals surface area (Å²) in [5.74, 6) is 0. The van der Waals surface area contributed by atoms with Crippen LogP contribution in [-0.4, -0.2) is 23.1 Å². The Morgan fingerprint density at radius 2 is 2.45 bits per heavy atom. The van der Waals surface area contributed by atoms with Crippen molar-refractivity contribution >= 4 is 23.1 Å². The summed E-state index contributed by atoms with van der Waals surface area (Å²) in [6.45, 7) is 0.761. The van der Waals surface area contributed by atoms with Gasteiger partial charge in [-0.3, -0.25) is 0 Å². The molecule has 0 atom stereocenters. The van der Waals surface area contributed by atoms with Crippen molar-refractivity contribution in [2.24, 2.45) is 0 Å². The maximum absolute atomic E-state index is 5.53. The first-order valence-corrected chi connectivity index (χ1v) is 4.45. The first-order valence-electron chi connectivity index (χ1n) is 3.30. The van der Waals surface area contributed by atoms with Crippen molar-refractivity contribution in [1.29, 1.82) is 0 Å². The fourth-order valence-corrected chi connectivity index (χ4v) is 1.54. The Labute approximate surface area is 74.5 Å². The Balaban J connectivity index is 2.27. The van der Waals surface area contributed by atoms with Gasteiger partial charge in [0.2, 0.25) is 5.28 Å². The molecule has 0 aliphatic carbocycles. The van der Waals surface area contributed by atoms with Crippen molar-refractivity contribution in [3.63, 3.8) is 0 Å². The molecule has 0 radical (unpaired) electrons. The van der Waals surface area contributed by atoms with Gasteiger partial charge in [0.15, 0.2) is 0 Å². The Bertz CT molecular complexity index is 216. The molecule has 0 bridgehead atoms. The van der Waals surface area contributed by atoms with Crippen molar-refractivity contribution in [2.45, 2.75) is 12.8 Å². The number of ether oxygens (including phenoxy) is 1. The topological polar surface area (TPSA) is 35.0 Å². The average molecular weight is 193 g/mol. The van der Waals surface area contributed by atoms with E-state index < -0.39 is 0 Å². The Morgan fingerprint density at radius 1 is 1.64 bits per heavy atom. The molecule has 0 aliphatic heterocycles. The van der Waals surface area contributed by atoms with Crippen molar-refractivity contribution in [2.75, 3.05) is 13.7 Å². The van der Waals surface area contributed by atoms with E-state index in [1.54, 1.807) is 7.11 Å². The number of aryl methyl sites for hydroxylation is 1. The largest absolute Gasteiger partial charge is 0.385 e. The Hall–Kier alpha value is -0.190. The van der Waals surface area contributed by atoms with E-state index in [2.05, 4.69) is 9.36 Å². The van der Waals surface area contributed by atoms with Gasteiger partial charge in [0.25, 0.3) is 0 Å². The lowest BCUT2D eigenvalue weighted by atomic mass is 10.3. The number of nitrogens with zero attached hydrogens (tertiary/aromatic N) is 2. The smallest absolute Gasteiger partial charge is 0.234 e. The third kappa shape index (κ3) is 3.14. The number of rotatable bonds is 4. The zero-order valence-electron chi connectivity index (χ0n) is 6.21. The number of halogens is 1. The molecule has 1 heterocycles. The molecule has 1 rings (SSSR count). The predicted molar refractivity (Wildman–Crippen MR) is 45.1 cm³/mol. The monoisotopic (exact) mass is 192 g/mol. The highest BCUT2D eigenvalue weighted by Crippen LogP contribution is 2.10. The van der Waals surface area contributed by atoms with Gasteiger partial charge in [-0.25, -0.2) is 4.98 Å². The summed E-state index contributed by atoms with van der Waals surface area (Å²) in [4.78, 5) is 4.00. The molecule has 0 saturated heterocycles. The second kappa shape index (κ2) is 4.64. The second-order valence-corrected chi connectivity index (χ2v) is 3.23. The summed E-state index contributed by atoms with van der Waals surface area (Å²) in [6.07, 6.45) is 1.88. The van der Waals surface area contributed by atoms with Crippen molar-refractivity contribution < 1.29 is 4.74 Å². The molecule has 0 aromatic carbocycles. The van der Waals surface area contributed by atoms with Crippen LogP contribution in [0.1, 0.15) is 11.4 Å². The number of hydrogen-bond donors (Lipinski definition) is 0. The second-order valence-electron chi connectivity index (χ2n) is 2.05. The van der Waals surface area contributed by atoms with E-state index in [9.17, 15) is 0 Å². The van der Waals surface area contributed by atoms with Gasteiger partial charge in [-0.2, -0.15) is 4.37 Å². The Morgan fingerprint density at radius 3 is 3.00 bits per heavy atom. The first kappa shape index (κ1) is 8.90. The molecule has 0 aliphatic rings. The molecule has 0 N–H and O–H groups in total. The predicted octanol–water partition coefficient (Wildman–Crippen LogP) is 1.77. The molecule has 1 aromatic rings. The van der Waals surface area contributed by atoms with Crippen LogP contribution in [0, 0.1) is 0 Å². The molecule has 0 amide bonds. The van der Waals surface area contributed by atoms with Crippen LogP contribution in [0.5, 0.6) is 0 Å². The minimum Gasteiger partial charge on any atom is -0.385 e. The zero-order valence-corrected chi connectivity index (χ0v) is 7.78. The molecule has 0 unspecified atom stereocenters. The van der Waals surface area contributed by atoms with Crippen LogP contribution < -0.4 is 0 Å². The van der Waals surface area contributed by atoms with Crippen LogP contribution in [0.15, 0.2) is 0 Å². The van der Waals surface area contributed by atoms with E-state index in [0.717, 1.165) is 24.5 Å². The van der Waals surface area contributed by atoms with Gasteiger partial charge in [0, 0.05) is 20.1 Å². The molecule has 0 spiro atoms. The Kier molecular flexibility index (Phi) is 3.76. The molecule has 0 fully saturated rings. The van der Waals surface area contributed by atoms with Crippen LogP contribution in [-0.2, 0) is 11.2 Å². The van der Waals surface area contributed by atoms with Gasteiger partial charge in [-0.15, -0.1) is 0 Å². The molecule has 62 valence electrons. The van der Waals surface area contributed by atoms with Crippen molar-refractivity contribution in [1.82, 2.24) is 9.36 Å². The highest BCUT2D eigenvalue weighted by Gasteiger charge is 1.99. The molecular formula is C6H9ClN2OS. The molecule has 0 saturated carbocycles. The summed E-state index contributed by atoms with van der Waals surface area (Å²) in [6, 6.07) is 0. The third-order valence-electron chi connectivity index (χ3n) is 1.18. The first-order chi connectivity index (χ1) is 5.33. The van der Waals surface area contributed by atoms with Gasteiger partial charge in [-0.05, 0) is 29.6 Å². The number of methoxy groups -OCH3 is 1. The summed E-state index contributed by atoms with van der Waals surface area (Å²) in [5, 5.41) is 1.33. The normalized spacial score (nSPS) is 10.4. The summed E-state index contributed by atoms with van der Waals surface area (Å²) in [7, 11) is 1.69. The third-order valence-corrected chi connectivity index (χ3v) is 2.22. The quantitative estimate of drug-likeness (QED) is 0.683. The highest BCUT2D eigenvalue weighted by atomic mass is 35.5. The fraction of sp³-hybridized carbons (Fsp3) is 0.667. The van der Waals surface area contributed by atoms with Crippen LogP contribution >= 0.6 is 23.1 Å². The summed E-state index contributed by atoms with van der Waals surface area (Å²) < 4.78 is 8.74. The summed E-state index contributed by atoms with van der Waals surface area (Å²) >= 11 is 6.88. The summed E-state index contributed by atoms with van der Waals surface area (Å²) in [5.41, 5.74) is 0. The number of hydrogen-bond acceptors (Lipinski definition) is 4. The van der Waals surface area contributed by atoms with Crippen LogP contribution in [0.25, 0.3) is 0 Å².